The Morgan fingerprint density at radius 2 is 1.87 bits per heavy atom. The number of rotatable bonds is 8. The summed E-state index contributed by atoms with van der Waals surface area (Å²) in [6.45, 7) is 2.81. The van der Waals surface area contributed by atoms with Gasteiger partial charge in [0.25, 0.3) is 0 Å². The summed E-state index contributed by atoms with van der Waals surface area (Å²) in [4.78, 5) is 12.8. The number of carbonyl (C=O) groups is 1. The Labute approximate surface area is 221 Å². The number of unbranched alkanes of at least 4 members (excludes halogenated alkanes) is 2. The summed E-state index contributed by atoms with van der Waals surface area (Å²) in [6.07, 6.45) is 2.28. The molecular weight excluding hydrogens is 484 g/mol. The average molecular weight is 513 g/mol. The van der Waals surface area contributed by atoms with Gasteiger partial charge in [0.05, 0.1) is 12.5 Å². The Morgan fingerprint density at radius 3 is 2.68 bits per heavy atom. The highest BCUT2D eigenvalue weighted by atomic mass is 16.6. The number of allylic oxidation sites excluding steroid dienone is 1. The van der Waals surface area contributed by atoms with Crippen molar-refractivity contribution in [3.63, 3.8) is 0 Å². The number of hydrogen-bond donors (Lipinski definition) is 1. The Balaban J connectivity index is 1.36. The van der Waals surface area contributed by atoms with Crippen molar-refractivity contribution in [3.05, 3.63) is 89.3 Å². The molecule has 3 aromatic rings. The number of nitriles is 1. The summed E-state index contributed by atoms with van der Waals surface area (Å²) in [7, 11) is 0. The van der Waals surface area contributed by atoms with E-state index in [-0.39, 0.29) is 18.2 Å². The molecular formula is C30H28N2O6. The van der Waals surface area contributed by atoms with Gasteiger partial charge in [0.2, 0.25) is 12.0 Å². The van der Waals surface area contributed by atoms with Crippen LogP contribution in [0, 0.1) is 11.3 Å². The van der Waals surface area contributed by atoms with E-state index < -0.39 is 18.0 Å². The number of para-hydroxylation sites is 2. The summed E-state index contributed by atoms with van der Waals surface area (Å²) < 4.78 is 28.7. The van der Waals surface area contributed by atoms with Gasteiger partial charge < -0.3 is 29.4 Å². The lowest BCUT2D eigenvalue weighted by Gasteiger charge is -2.27. The van der Waals surface area contributed by atoms with Crippen LogP contribution in [0.15, 0.2) is 78.2 Å². The lowest BCUT2D eigenvalue weighted by Crippen LogP contribution is -2.39. The van der Waals surface area contributed by atoms with E-state index in [4.69, 9.17) is 29.4 Å². The van der Waals surface area contributed by atoms with Crippen molar-refractivity contribution in [2.24, 2.45) is 5.73 Å². The van der Waals surface area contributed by atoms with Crippen LogP contribution in [0.5, 0.6) is 28.7 Å². The minimum atomic E-state index is -0.912. The molecule has 2 aliphatic heterocycles. The van der Waals surface area contributed by atoms with Crippen molar-refractivity contribution in [2.75, 3.05) is 13.2 Å². The maximum atomic E-state index is 12.8. The molecule has 2 N–H and O–H groups in total. The highest BCUT2D eigenvalue weighted by Gasteiger charge is 2.33. The maximum absolute atomic E-state index is 12.8. The summed E-state index contributed by atoms with van der Waals surface area (Å²) >= 11 is 0. The quantitative estimate of drug-likeness (QED) is 0.248. The number of ether oxygens (including phenoxy) is 5. The molecule has 0 radical (unpaired) electrons. The summed E-state index contributed by atoms with van der Waals surface area (Å²) in [6, 6.07) is 22.0. The molecule has 8 heteroatoms. The molecule has 194 valence electrons. The molecule has 8 nitrogen and oxygen atoms in total. The molecule has 0 saturated heterocycles. The molecule has 5 rings (SSSR count). The number of fused-ring (bicyclic) bond motifs is 2. The van der Waals surface area contributed by atoms with Gasteiger partial charge in [-0.05, 0) is 42.3 Å². The predicted molar refractivity (Wildman–Crippen MR) is 139 cm³/mol. The van der Waals surface area contributed by atoms with Crippen LogP contribution < -0.4 is 29.4 Å². The largest absolute Gasteiger partial charge is 0.494 e. The molecule has 2 heterocycles. The van der Waals surface area contributed by atoms with Gasteiger partial charge in [-0.1, -0.05) is 50.1 Å². The van der Waals surface area contributed by atoms with Crippen LogP contribution in [-0.2, 0) is 4.79 Å². The van der Waals surface area contributed by atoms with Crippen molar-refractivity contribution >= 4 is 5.97 Å². The Morgan fingerprint density at radius 1 is 1.03 bits per heavy atom. The van der Waals surface area contributed by atoms with E-state index in [0.29, 0.717) is 29.4 Å². The van der Waals surface area contributed by atoms with Crippen molar-refractivity contribution in [1.82, 2.24) is 0 Å². The zero-order chi connectivity index (χ0) is 26.5. The van der Waals surface area contributed by atoms with Crippen LogP contribution in [0.4, 0.5) is 0 Å². The molecule has 0 spiro atoms. The second kappa shape index (κ2) is 11.2. The highest BCUT2D eigenvalue weighted by molar-refractivity contribution is 5.78. The Hall–Kier alpha value is -4.64. The molecule has 2 atom stereocenters. The third-order valence-electron chi connectivity index (χ3n) is 6.39. The molecule has 2 unspecified atom stereocenters. The minimum absolute atomic E-state index is 0.00312. The zero-order valence-electron chi connectivity index (χ0n) is 21.0. The Bertz CT molecular complexity index is 1410. The van der Waals surface area contributed by atoms with Gasteiger partial charge in [-0.2, -0.15) is 5.26 Å². The van der Waals surface area contributed by atoms with E-state index in [1.165, 1.54) is 0 Å². The monoisotopic (exact) mass is 512 g/mol. The van der Waals surface area contributed by atoms with E-state index in [9.17, 15) is 10.1 Å². The van der Waals surface area contributed by atoms with Crippen LogP contribution in [0.1, 0.15) is 43.2 Å². The van der Waals surface area contributed by atoms with Crippen LogP contribution in [0.3, 0.4) is 0 Å². The lowest BCUT2D eigenvalue weighted by atomic mass is 9.83. The fourth-order valence-electron chi connectivity index (χ4n) is 4.49. The van der Waals surface area contributed by atoms with Gasteiger partial charge in [0, 0.05) is 11.6 Å². The van der Waals surface area contributed by atoms with Crippen LogP contribution >= 0.6 is 0 Å². The van der Waals surface area contributed by atoms with Crippen molar-refractivity contribution in [3.8, 4) is 34.8 Å². The van der Waals surface area contributed by atoms with E-state index in [2.05, 4.69) is 13.0 Å². The van der Waals surface area contributed by atoms with E-state index >= 15 is 0 Å². The van der Waals surface area contributed by atoms with E-state index in [1.807, 2.05) is 30.3 Å². The summed E-state index contributed by atoms with van der Waals surface area (Å²) in [5.74, 6) is 1.40. The van der Waals surface area contributed by atoms with E-state index in [1.54, 1.807) is 36.4 Å². The topological polar surface area (TPSA) is 113 Å². The first-order valence-electron chi connectivity index (χ1n) is 12.6. The van der Waals surface area contributed by atoms with Gasteiger partial charge in [0.15, 0.2) is 11.5 Å². The fourth-order valence-corrected chi connectivity index (χ4v) is 4.49. The van der Waals surface area contributed by atoms with Gasteiger partial charge in [-0.3, -0.25) is 0 Å². The first-order chi connectivity index (χ1) is 18.6. The lowest BCUT2D eigenvalue weighted by molar-refractivity contribution is -0.144. The van der Waals surface area contributed by atoms with Crippen molar-refractivity contribution in [1.29, 1.82) is 5.26 Å². The number of nitrogens with two attached hydrogens (primary N) is 1. The molecule has 2 aliphatic rings. The smallest absolute Gasteiger partial charge is 0.356 e. The zero-order valence-corrected chi connectivity index (χ0v) is 21.0. The molecule has 0 aromatic heterocycles. The molecule has 0 saturated carbocycles. The number of nitrogens with zero attached hydrogens (tertiary/aromatic N) is 1. The minimum Gasteiger partial charge on any atom is -0.494 e. The predicted octanol–water partition coefficient (Wildman–Crippen LogP) is 5.22. The van der Waals surface area contributed by atoms with Crippen LogP contribution in [0.25, 0.3) is 0 Å². The molecule has 0 amide bonds. The number of benzene rings is 3. The van der Waals surface area contributed by atoms with Crippen molar-refractivity contribution in [2.45, 2.75) is 38.2 Å². The Kier molecular flexibility index (Phi) is 7.36. The van der Waals surface area contributed by atoms with Crippen LogP contribution in [-0.4, -0.2) is 25.3 Å². The van der Waals surface area contributed by atoms with E-state index in [0.717, 1.165) is 36.1 Å². The van der Waals surface area contributed by atoms with Gasteiger partial charge in [0.1, 0.15) is 35.5 Å². The van der Waals surface area contributed by atoms with Gasteiger partial charge >= 0.3 is 5.97 Å². The molecule has 0 fully saturated rings. The first-order valence-corrected chi connectivity index (χ1v) is 12.6. The fraction of sp³-hybridized carbons (Fsp3) is 0.267. The number of carbonyl (C=O) groups excluding carboxylic acids is 1. The standard InChI is InChI=1S/C30H28N2O6/c1-2-3-6-14-34-20-9-7-8-19(15-20)28-22-13-12-21(16-26(22)38-29(32)23(28)17-31)36-30(33)27-18-35-24-10-4-5-11-25(24)37-27/h4-5,7-13,15-16,27-28H,2-3,6,14,18,32H2,1H3. The molecule has 38 heavy (non-hydrogen) atoms. The summed E-state index contributed by atoms with van der Waals surface area (Å²) in [5, 5.41) is 9.88. The second-order valence-corrected chi connectivity index (χ2v) is 9.04. The van der Waals surface area contributed by atoms with Crippen LogP contribution in [0.2, 0.25) is 0 Å². The SMILES string of the molecule is CCCCCOc1cccc(C2C(C#N)=C(N)Oc3cc(OC(=O)C4COc5ccccc5O4)ccc32)c1. The number of hydrogen-bond acceptors (Lipinski definition) is 8. The summed E-state index contributed by atoms with van der Waals surface area (Å²) in [5.41, 5.74) is 8.03. The molecule has 3 aromatic carbocycles. The maximum Gasteiger partial charge on any atom is 0.356 e. The second-order valence-electron chi connectivity index (χ2n) is 9.04. The first kappa shape index (κ1) is 25.0. The number of esters is 1. The van der Waals surface area contributed by atoms with Gasteiger partial charge in [-0.25, -0.2) is 4.79 Å². The van der Waals surface area contributed by atoms with Gasteiger partial charge in [-0.15, -0.1) is 0 Å². The molecule has 0 bridgehead atoms. The molecule has 0 aliphatic carbocycles. The third kappa shape index (κ3) is 5.23. The normalized spacial score (nSPS) is 17.6. The third-order valence-corrected chi connectivity index (χ3v) is 6.39. The average Bonchev–Trinajstić information content (AvgIpc) is 2.94. The van der Waals surface area contributed by atoms with Crippen molar-refractivity contribution < 1.29 is 28.5 Å². The highest BCUT2D eigenvalue weighted by Crippen LogP contribution is 2.44.